The summed E-state index contributed by atoms with van der Waals surface area (Å²) in [5, 5.41) is 23.6. The zero-order valence-corrected chi connectivity index (χ0v) is 20.3. The highest BCUT2D eigenvalue weighted by Gasteiger charge is 2.23. The van der Waals surface area contributed by atoms with E-state index in [0.29, 0.717) is 23.1 Å². The number of benzene rings is 2. The molecule has 2 aliphatic carbocycles. The number of hydrogen-bond acceptors (Lipinski definition) is 2. The summed E-state index contributed by atoms with van der Waals surface area (Å²) in [6, 6.07) is 8.82. The Morgan fingerprint density at radius 1 is 0.909 bits per heavy atom. The third-order valence-electron chi connectivity index (χ3n) is 6.28. The summed E-state index contributed by atoms with van der Waals surface area (Å²) < 4.78 is 14.0. The van der Waals surface area contributed by atoms with E-state index < -0.39 is 5.60 Å². The minimum absolute atomic E-state index is 0.121. The molecule has 4 heteroatoms. The Bertz CT molecular complexity index is 1120. The molecule has 2 nitrogen and oxygen atoms in total. The fraction of sp³-hybridized carbons (Fsp3) is 0.310. The Morgan fingerprint density at radius 3 is 2.18 bits per heavy atom. The lowest BCUT2D eigenvalue weighted by molar-refractivity contribution is 0.0794. The van der Waals surface area contributed by atoms with Crippen LogP contribution >= 0.6 is 8.58 Å². The summed E-state index contributed by atoms with van der Waals surface area (Å²) >= 11 is 0. The van der Waals surface area contributed by atoms with E-state index in [2.05, 4.69) is 60.7 Å². The molecule has 0 heterocycles. The van der Waals surface area contributed by atoms with E-state index >= 15 is 0 Å². The third kappa shape index (κ3) is 6.10. The van der Waals surface area contributed by atoms with Gasteiger partial charge in [-0.3, -0.25) is 0 Å². The maximum atomic E-state index is 14.0. The SMILES string of the molecule is CC(C)(O)c1cc(F)ccc1Pc1cc(CC2C=CC=CC2)cc(CC2C=CC=CC2)c1O. The molecule has 0 saturated heterocycles. The van der Waals surface area contributed by atoms with Gasteiger partial charge < -0.3 is 10.2 Å². The second-order valence-corrected chi connectivity index (χ2v) is 10.9. The molecule has 33 heavy (non-hydrogen) atoms. The zero-order chi connectivity index (χ0) is 23.4. The van der Waals surface area contributed by atoms with Crippen molar-refractivity contribution in [3.8, 4) is 5.75 Å². The number of rotatable bonds is 7. The van der Waals surface area contributed by atoms with Gasteiger partial charge in [0.05, 0.1) is 5.60 Å². The molecule has 2 aliphatic rings. The Labute approximate surface area is 198 Å². The van der Waals surface area contributed by atoms with E-state index in [-0.39, 0.29) is 14.4 Å². The predicted molar refractivity (Wildman–Crippen MR) is 138 cm³/mol. The van der Waals surface area contributed by atoms with Crippen molar-refractivity contribution in [3.05, 3.63) is 101 Å². The molecule has 4 rings (SSSR count). The Hall–Kier alpha value is -2.48. The first-order chi connectivity index (χ1) is 15.8. The standard InChI is InChI=1S/C29H32FO2P/c1-29(2,32)25-19-24(30)13-14-26(25)33-27-18-22(15-20-9-5-3-6-10-20)17-23(28(27)31)16-21-11-7-4-8-12-21/h3-9,11,13-14,17-21,31-33H,10,12,15-16H2,1-2H3. The van der Waals surface area contributed by atoms with Gasteiger partial charge in [0.25, 0.3) is 0 Å². The molecule has 0 bridgehead atoms. The van der Waals surface area contributed by atoms with Crippen molar-refractivity contribution >= 4 is 19.2 Å². The van der Waals surface area contributed by atoms with Crippen LogP contribution in [0.5, 0.6) is 5.75 Å². The molecule has 3 atom stereocenters. The molecule has 172 valence electrons. The quantitative estimate of drug-likeness (QED) is 0.516. The van der Waals surface area contributed by atoms with Crippen molar-refractivity contribution in [2.45, 2.75) is 45.1 Å². The van der Waals surface area contributed by atoms with Gasteiger partial charge in [-0.05, 0) is 91.6 Å². The van der Waals surface area contributed by atoms with Gasteiger partial charge in [-0.25, -0.2) is 4.39 Å². The summed E-state index contributed by atoms with van der Waals surface area (Å²) in [7, 11) is 0.121. The first-order valence-electron chi connectivity index (χ1n) is 11.6. The van der Waals surface area contributed by atoms with Crippen molar-refractivity contribution in [2.24, 2.45) is 11.8 Å². The van der Waals surface area contributed by atoms with Crippen LogP contribution in [0.25, 0.3) is 0 Å². The lowest BCUT2D eigenvalue weighted by atomic mass is 9.89. The normalized spacial score (nSPS) is 20.2. The average molecular weight is 463 g/mol. The van der Waals surface area contributed by atoms with Crippen LogP contribution in [-0.4, -0.2) is 10.2 Å². The Kier molecular flexibility index (Phi) is 7.32. The predicted octanol–water partition coefficient (Wildman–Crippen LogP) is 5.74. The van der Waals surface area contributed by atoms with E-state index in [1.165, 1.54) is 17.7 Å². The third-order valence-corrected chi connectivity index (χ3v) is 7.63. The monoisotopic (exact) mass is 462 g/mol. The highest BCUT2D eigenvalue weighted by atomic mass is 31.1. The summed E-state index contributed by atoms with van der Waals surface area (Å²) in [6.45, 7) is 3.34. The highest BCUT2D eigenvalue weighted by molar-refractivity contribution is 7.55. The van der Waals surface area contributed by atoms with Crippen LogP contribution in [0.3, 0.4) is 0 Å². The van der Waals surface area contributed by atoms with Crippen molar-refractivity contribution in [3.63, 3.8) is 0 Å². The number of halogens is 1. The van der Waals surface area contributed by atoms with Crippen LogP contribution in [0.15, 0.2) is 78.9 Å². The molecule has 0 amide bonds. The largest absolute Gasteiger partial charge is 0.507 e. The van der Waals surface area contributed by atoms with E-state index in [1.54, 1.807) is 19.9 Å². The molecule has 2 aromatic rings. The lowest BCUT2D eigenvalue weighted by Gasteiger charge is -2.23. The molecule has 0 saturated carbocycles. The fourth-order valence-corrected chi connectivity index (χ4v) is 6.06. The van der Waals surface area contributed by atoms with E-state index in [9.17, 15) is 14.6 Å². The van der Waals surface area contributed by atoms with E-state index in [4.69, 9.17) is 0 Å². The van der Waals surface area contributed by atoms with Crippen molar-refractivity contribution in [1.82, 2.24) is 0 Å². The summed E-state index contributed by atoms with van der Waals surface area (Å²) in [4.78, 5) is 0. The maximum absolute atomic E-state index is 14.0. The van der Waals surface area contributed by atoms with Crippen molar-refractivity contribution in [1.29, 1.82) is 0 Å². The van der Waals surface area contributed by atoms with Crippen LogP contribution in [0.1, 0.15) is 43.4 Å². The van der Waals surface area contributed by atoms with Crippen LogP contribution in [-0.2, 0) is 18.4 Å². The number of aliphatic hydroxyl groups is 1. The first kappa shape index (κ1) is 23.7. The number of aromatic hydroxyl groups is 1. The highest BCUT2D eigenvalue weighted by Crippen LogP contribution is 2.32. The number of phenols is 1. The second-order valence-electron chi connectivity index (χ2n) is 9.55. The van der Waals surface area contributed by atoms with E-state index in [0.717, 1.165) is 41.9 Å². The van der Waals surface area contributed by atoms with Crippen LogP contribution in [0.4, 0.5) is 4.39 Å². The number of hydrogen-bond donors (Lipinski definition) is 2. The van der Waals surface area contributed by atoms with Gasteiger partial charge in [-0.1, -0.05) is 69.3 Å². The Morgan fingerprint density at radius 2 is 1.58 bits per heavy atom. The zero-order valence-electron chi connectivity index (χ0n) is 19.3. The average Bonchev–Trinajstić information content (AvgIpc) is 2.79. The smallest absolute Gasteiger partial charge is 0.126 e. The topological polar surface area (TPSA) is 40.5 Å². The molecule has 0 aliphatic heterocycles. The summed E-state index contributed by atoms with van der Waals surface area (Å²) in [5.41, 5.74) is 1.56. The van der Waals surface area contributed by atoms with Gasteiger partial charge in [-0.2, -0.15) is 0 Å². The fourth-order valence-electron chi connectivity index (χ4n) is 4.56. The number of phenolic OH excluding ortho intramolecular Hbond substituents is 1. The molecular weight excluding hydrogens is 430 g/mol. The summed E-state index contributed by atoms with van der Waals surface area (Å²) in [5.74, 6) is 0.764. The van der Waals surface area contributed by atoms with Gasteiger partial charge in [0.1, 0.15) is 11.6 Å². The van der Waals surface area contributed by atoms with Gasteiger partial charge in [0.2, 0.25) is 0 Å². The molecule has 0 fully saturated rings. The Balaban J connectivity index is 1.70. The van der Waals surface area contributed by atoms with Gasteiger partial charge in [0, 0.05) is 5.30 Å². The van der Waals surface area contributed by atoms with Crippen molar-refractivity contribution in [2.75, 3.05) is 0 Å². The minimum atomic E-state index is -1.17. The van der Waals surface area contributed by atoms with Crippen LogP contribution in [0.2, 0.25) is 0 Å². The van der Waals surface area contributed by atoms with Gasteiger partial charge >= 0.3 is 0 Å². The number of allylic oxidation sites excluding steroid dienone is 8. The first-order valence-corrected chi connectivity index (χ1v) is 12.6. The molecule has 0 radical (unpaired) electrons. The maximum Gasteiger partial charge on any atom is 0.126 e. The second kappa shape index (κ2) is 10.2. The van der Waals surface area contributed by atoms with Crippen molar-refractivity contribution < 1.29 is 14.6 Å². The molecular formula is C29H32FO2P. The van der Waals surface area contributed by atoms with Gasteiger partial charge in [0.15, 0.2) is 0 Å². The molecule has 3 unspecified atom stereocenters. The van der Waals surface area contributed by atoms with Crippen LogP contribution < -0.4 is 10.6 Å². The molecule has 2 aromatic carbocycles. The van der Waals surface area contributed by atoms with Gasteiger partial charge in [-0.15, -0.1) is 0 Å². The molecule has 2 N–H and O–H groups in total. The summed E-state index contributed by atoms with van der Waals surface area (Å²) in [6.07, 6.45) is 20.8. The lowest BCUT2D eigenvalue weighted by Crippen LogP contribution is -2.24. The molecule has 0 aromatic heterocycles. The van der Waals surface area contributed by atoms with E-state index in [1.807, 2.05) is 0 Å². The van der Waals surface area contributed by atoms with Crippen LogP contribution in [0, 0.1) is 17.7 Å². The minimum Gasteiger partial charge on any atom is -0.507 e. The molecule has 0 spiro atoms.